The minimum atomic E-state index is 0.0252. The van der Waals surface area contributed by atoms with Crippen LogP contribution in [0.15, 0.2) is 65.6 Å². The van der Waals surface area contributed by atoms with Gasteiger partial charge in [-0.1, -0.05) is 18.7 Å². The van der Waals surface area contributed by atoms with Crippen molar-refractivity contribution in [1.82, 2.24) is 15.1 Å². The van der Waals surface area contributed by atoms with Crippen LogP contribution in [0.2, 0.25) is 0 Å². The van der Waals surface area contributed by atoms with E-state index >= 15 is 0 Å². The molecule has 164 valence electrons. The second kappa shape index (κ2) is 9.86. The number of benzene rings is 1. The Morgan fingerprint density at radius 2 is 1.97 bits per heavy atom. The topological polar surface area (TPSA) is 60.0 Å². The van der Waals surface area contributed by atoms with Crippen LogP contribution >= 0.6 is 0 Å². The normalized spacial score (nSPS) is 22.7. The molecule has 2 saturated heterocycles. The monoisotopic (exact) mass is 419 g/mol. The number of hydrogen-bond acceptors (Lipinski definition) is 4. The van der Waals surface area contributed by atoms with E-state index in [1.165, 1.54) is 17.7 Å². The summed E-state index contributed by atoms with van der Waals surface area (Å²) in [6.07, 6.45) is 11.3. The molecule has 1 atom stereocenters. The largest absolute Gasteiger partial charge is 0.374 e. The van der Waals surface area contributed by atoms with E-state index in [4.69, 9.17) is 0 Å². The van der Waals surface area contributed by atoms with Crippen LogP contribution in [0.25, 0.3) is 0 Å². The van der Waals surface area contributed by atoms with Crippen LogP contribution in [0.4, 0.5) is 10.5 Å². The molecular weight excluding hydrogens is 386 g/mol. The number of likely N-dealkylation sites (tertiary alicyclic amines) is 2. The smallest absolute Gasteiger partial charge is 0.321 e. The Bertz CT molecular complexity index is 910. The molecule has 2 N–H and O–H groups in total. The first-order valence-corrected chi connectivity index (χ1v) is 11.4. The van der Waals surface area contributed by atoms with Crippen molar-refractivity contribution in [2.24, 2.45) is 4.99 Å². The average molecular weight is 420 g/mol. The maximum absolute atomic E-state index is 12.6. The molecule has 0 spiro atoms. The molecule has 3 aliphatic heterocycles. The predicted molar refractivity (Wildman–Crippen MR) is 127 cm³/mol. The van der Waals surface area contributed by atoms with Gasteiger partial charge >= 0.3 is 6.03 Å². The standard InChI is InChI=1S/C25H33N5O/c1-3-26-24-23(12-13-27-24)19(2)30-16-8-10-21(18-30)20-9-7-11-22(17-20)28-25(31)29-14-5-4-6-15-29/h3,7,9,11-13,17,21H,1,4-6,8,10,14-16,18H2,2H3,(H,26,27)(H,28,31)/b23-19+. The maximum atomic E-state index is 12.6. The molecule has 1 aromatic carbocycles. The van der Waals surface area contributed by atoms with Crippen molar-refractivity contribution in [3.63, 3.8) is 0 Å². The van der Waals surface area contributed by atoms with Gasteiger partial charge in [-0.05, 0) is 69.0 Å². The van der Waals surface area contributed by atoms with Gasteiger partial charge < -0.3 is 20.4 Å². The van der Waals surface area contributed by atoms with Gasteiger partial charge in [0, 0.05) is 55.3 Å². The number of amides is 2. The highest BCUT2D eigenvalue weighted by Crippen LogP contribution is 2.31. The van der Waals surface area contributed by atoms with Gasteiger partial charge in [-0.25, -0.2) is 9.79 Å². The van der Waals surface area contributed by atoms with E-state index in [2.05, 4.69) is 58.3 Å². The van der Waals surface area contributed by atoms with Crippen LogP contribution in [-0.2, 0) is 0 Å². The lowest BCUT2D eigenvalue weighted by atomic mass is 9.90. The summed E-state index contributed by atoms with van der Waals surface area (Å²) in [5, 5.41) is 6.24. The summed E-state index contributed by atoms with van der Waals surface area (Å²) in [5.74, 6) is 1.30. The van der Waals surface area contributed by atoms with Crippen molar-refractivity contribution in [3.05, 3.63) is 66.2 Å². The van der Waals surface area contributed by atoms with E-state index < -0.39 is 0 Å². The Balaban J connectivity index is 1.44. The molecule has 1 aromatic rings. The molecule has 3 aliphatic rings. The van der Waals surface area contributed by atoms with Gasteiger partial charge in [0.15, 0.2) is 0 Å². The fraction of sp³-hybridized carbons (Fsp3) is 0.440. The van der Waals surface area contributed by atoms with E-state index in [0.29, 0.717) is 5.92 Å². The highest BCUT2D eigenvalue weighted by atomic mass is 16.2. The number of nitrogens with one attached hydrogen (secondary N) is 2. The van der Waals surface area contributed by atoms with Crippen molar-refractivity contribution < 1.29 is 4.79 Å². The molecule has 0 aliphatic carbocycles. The van der Waals surface area contributed by atoms with Crippen LogP contribution in [0.5, 0.6) is 0 Å². The summed E-state index contributed by atoms with van der Waals surface area (Å²) in [7, 11) is 0. The van der Waals surface area contributed by atoms with Gasteiger partial charge in [-0.3, -0.25) is 0 Å². The van der Waals surface area contributed by atoms with E-state index in [0.717, 1.165) is 69.0 Å². The van der Waals surface area contributed by atoms with Crippen LogP contribution in [0.1, 0.15) is 50.5 Å². The second-order valence-corrected chi connectivity index (χ2v) is 8.53. The van der Waals surface area contributed by atoms with Crippen LogP contribution < -0.4 is 10.6 Å². The first-order chi connectivity index (χ1) is 15.2. The number of anilines is 1. The first kappa shape index (κ1) is 21.2. The molecule has 2 amide bonds. The van der Waals surface area contributed by atoms with Crippen LogP contribution in [0.3, 0.4) is 0 Å². The second-order valence-electron chi connectivity index (χ2n) is 8.53. The zero-order valence-corrected chi connectivity index (χ0v) is 18.4. The third-order valence-electron chi connectivity index (χ3n) is 6.48. The average Bonchev–Trinajstić information content (AvgIpc) is 3.28. The fourth-order valence-corrected chi connectivity index (χ4v) is 4.73. The van der Waals surface area contributed by atoms with Crippen LogP contribution in [-0.4, -0.2) is 47.8 Å². The zero-order chi connectivity index (χ0) is 21.6. The lowest BCUT2D eigenvalue weighted by Gasteiger charge is -2.36. The molecule has 3 heterocycles. The Morgan fingerprint density at radius 3 is 2.77 bits per heavy atom. The van der Waals surface area contributed by atoms with E-state index in [1.807, 2.05) is 17.2 Å². The Labute approximate surface area is 185 Å². The van der Waals surface area contributed by atoms with Crippen molar-refractivity contribution in [2.75, 3.05) is 31.5 Å². The van der Waals surface area contributed by atoms with Gasteiger partial charge in [0.1, 0.15) is 5.84 Å². The van der Waals surface area contributed by atoms with Crippen molar-refractivity contribution >= 4 is 17.6 Å². The number of aliphatic imine (C=N–C) groups is 1. The van der Waals surface area contributed by atoms with E-state index in [1.54, 1.807) is 6.20 Å². The van der Waals surface area contributed by atoms with Gasteiger partial charge in [-0.2, -0.15) is 0 Å². The fourth-order valence-electron chi connectivity index (χ4n) is 4.73. The lowest BCUT2D eigenvalue weighted by Crippen LogP contribution is -2.38. The molecule has 6 nitrogen and oxygen atoms in total. The first-order valence-electron chi connectivity index (χ1n) is 11.4. The van der Waals surface area contributed by atoms with Crippen molar-refractivity contribution in [3.8, 4) is 0 Å². The Kier molecular flexibility index (Phi) is 6.75. The lowest BCUT2D eigenvalue weighted by molar-refractivity contribution is 0.200. The maximum Gasteiger partial charge on any atom is 0.321 e. The minimum absolute atomic E-state index is 0.0252. The number of hydrogen-bond donors (Lipinski definition) is 2. The van der Waals surface area contributed by atoms with Gasteiger partial charge in [-0.15, -0.1) is 0 Å². The van der Waals surface area contributed by atoms with Gasteiger partial charge in [0.05, 0.1) is 0 Å². The number of urea groups is 1. The van der Waals surface area contributed by atoms with Crippen molar-refractivity contribution in [2.45, 2.75) is 44.9 Å². The highest BCUT2D eigenvalue weighted by Gasteiger charge is 2.24. The number of carbonyl (C=O) groups is 1. The molecule has 0 radical (unpaired) electrons. The summed E-state index contributed by atoms with van der Waals surface area (Å²) in [4.78, 5) is 21.4. The molecule has 0 saturated carbocycles. The number of piperidine rings is 2. The molecule has 1 unspecified atom stereocenters. The van der Waals surface area contributed by atoms with E-state index in [9.17, 15) is 4.79 Å². The minimum Gasteiger partial charge on any atom is -0.374 e. The Morgan fingerprint density at radius 1 is 1.16 bits per heavy atom. The number of allylic oxidation sites excluding steroid dienone is 1. The third-order valence-corrected chi connectivity index (χ3v) is 6.48. The third kappa shape index (κ3) is 5.01. The number of rotatable bonds is 4. The Hall–Kier alpha value is -3.02. The molecule has 4 rings (SSSR count). The highest BCUT2D eigenvalue weighted by molar-refractivity contribution is 6.04. The number of nitrogens with zero attached hydrogens (tertiary/aromatic N) is 3. The number of carbonyl (C=O) groups excluding carboxylic acids is 1. The summed E-state index contributed by atoms with van der Waals surface area (Å²) >= 11 is 0. The quantitative estimate of drug-likeness (QED) is 0.736. The van der Waals surface area contributed by atoms with Gasteiger partial charge in [0.25, 0.3) is 0 Å². The predicted octanol–water partition coefficient (Wildman–Crippen LogP) is 4.82. The van der Waals surface area contributed by atoms with Crippen molar-refractivity contribution in [1.29, 1.82) is 0 Å². The molecule has 6 heteroatoms. The molecule has 0 bridgehead atoms. The number of amidine groups is 1. The summed E-state index contributed by atoms with van der Waals surface area (Å²) in [5.41, 5.74) is 4.55. The van der Waals surface area contributed by atoms with E-state index in [-0.39, 0.29) is 6.03 Å². The SMILES string of the molecule is C=CNC1=NC=C/C1=C(/C)N1CCCC(c2cccc(NC(=O)N3CCCCC3)c2)C1. The molecular formula is C25H33N5O. The zero-order valence-electron chi connectivity index (χ0n) is 18.4. The molecule has 0 aromatic heterocycles. The molecule has 2 fully saturated rings. The van der Waals surface area contributed by atoms with Crippen LogP contribution in [0, 0.1) is 0 Å². The molecule has 31 heavy (non-hydrogen) atoms. The van der Waals surface area contributed by atoms with Gasteiger partial charge in [0.2, 0.25) is 0 Å². The summed E-state index contributed by atoms with van der Waals surface area (Å²) in [6.45, 7) is 9.65. The summed E-state index contributed by atoms with van der Waals surface area (Å²) < 4.78 is 0. The summed E-state index contributed by atoms with van der Waals surface area (Å²) in [6, 6.07) is 8.42.